The van der Waals surface area contributed by atoms with Gasteiger partial charge in [0.15, 0.2) is 0 Å². The molecule has 0 saturated heterocycles. The minimum atomic E-state index is 0.967. The van der Waals surface area contributed by atoms with Gasteiger partial charge in [-0.2, -0.15) is 0 Å². The fraction of sp³-hybridized carbons (Fsp3) is 0.857. The number of rotatable bonds is 3. The van der Waals surface area contributed by atoms with Crippen molar-refractivity contribution in [2.45, 2.75) is 58.9 Å². The number of hydrogen-bond acceptors (Lipinski definition) is 2. The fourth-order valence-corrected chi connectivity index (χ4v) is 3.84. The van der Waals surface area contributed by atoms with Crippen molar-refractivity contribution in [1.29, 1.82) is 0 Å². The van der Waals surface area contributed by atoms with Crippen LogP contribution in [0.15, 0.2) is 0 Å². The molecule has 3 nitrogen and oxygen atoms in total. The third kappa shape index (κ3) is 1.90. The quantitative estimate of drug-likeness (QED) is 0.803. The Morgan fingerprint density at radius 1 is 1.18 bits per heavy atom. The Balaban J connectivity index is 1.73. The zero-order valence-electron chi connectivity index (χ0n) is 11.0. The summed E-state index contributed by atoms with van der Waals surface area (Å²) in [5.41, 5.74) is 2.71. The van der Waals surface area contributed by atoms with Gasteiger partial charge < -0.3 is 0 Å². The Hall–Kier alpha value is -0.860. The van der Waals surface area contributed by atoms with E-state index >= 15 is 0 Å². The molecular formula is C14H23N3. The van der Waals surface area contributed by atoms with Crippen molar-refractivity contribution in [1.82, 2.24) is 15.0 Å². The largest absolute Gasteiger partial charge is 0.249 e. The van der Waals surface area contributed by atoms with Gasteiger partial charge in [0.2, 0.25) is 0 Å². The first-order chi connectivity index (χ1) is 8.35. The Bertz CT molecular complexity index is 396. The Labute approximate surface area is 104 Å². The monoisotopic (exact) mass is 233 g/mol. The molecule has 2 aliphatic carbocycles. The molecule has 17 heavy (non-hydrogen) atoms. The molecule has 2 aliphatic rings. The van der Waals surface area contributed by atoms with Crippen molar-refractivity contribution >= 4 is 0 Å². The summed E-state index contributed by atoms with van der Waals surface area (Å²) < 4.78 is 2.10. The van der Waals surface area contributed by atoms with Crippen LogP contribution in [0, 0.1) is 17.8 Å². The van der Waals surface area contributed by atoms with Gasteiger partial charge in [-0.1, -0.05) is 25.0 Å². The third-order valence-electron chi connectivity index (χ3n) is 4.78. The maximum absolute atomic E-state index is 4.37. The molecule has 3 heteroatoms. The van der Waals surface area contributed by atoms with Gasteiger partial charge in [0.05, 0.1) is 11.4 Å². The van der Waals surface area contributed by atoms with Gasteiger partial charge in [-0.3, -0.25) is 0 Å². The average Bonchev–Trinajstić information content (AvgIpc) is 2.80. The van der Waals surface area contributed by atoms with Gasteiger partial charge in [0, 0.05) is 6.54 Å². The lowest BCUT2D eigenvalue weighted by Gasteiger charge is -2.09. The predicted octanol–water partition coefficient (Wildman–Crippen LogP) is 2.84. The highest BCUT2D eigenvalue weighted by Crippen LogP contribution is 2.54. The summed E-state index contributed by atoms with van der Waals surface area (Å²) in [6.45, 7) is 5.44. The summed E-state index contributed by atoms with van der Waals surface area (Å²) in [6, 6.07) is 0. The second-order valence-corrected chi connectivity index (χ2v) is 5.66. The molecule has 0 N–H and O–H groups in total. The van der Waals surface area contributed by atoms with E-state index in [2.05, 4.69) is 28.8 Å². The molecule has 1 aromatic rings. The van der Waals surface area contributed by atoms with Gasteiger partial charge in [-0.25, -0.2) is 4.68 Å². The first kappa shape index (κ1) is 11.2. The van der Waals surface area contributed by atoms with Crippen molar-refractivity contribution in [3.05, 3.63) is 11.4 Å². The molecule has 0 aromatic carbocycles. The predicted molar refractivity (Wildman–Crippen MR) is 67.7 cm³/mol. The van der Waals surface area contributed by atoms with Gasteiger partial charge in [-0.15, -0.1) is 5.10 Å². The van der Waals surface area contributed by atoms with Crippen LogP contribution in [-0.2, 0) is 19.4 Å². The molecule has 1 aromatic heterocycles. The van der Waals surface area contributed by atoms with E-state index < -0.39 is 0 Å². The lowest BCUT2D eigenvalue weighted by molar-refractivity contribution is 0.546. The van der Waals surface area contributed by atoms with E-state index in [0.717, 1.165) is 30.7 Å². The molecule has 3 atom stereocenters. The van der Waals surface area contributed by atoms with Crippen molar-refractivity contribution in [3.8, 4) is 0 Å². The first-order valence-electron chi connectivity index (χ1n) is 7.26. The summed E-state index contributed by atoms with van der Waals surface area (Å²) in [7, 11) is 0. The van der Waals surface area contributed by atoms with Crippen LogP contribution in [0.3, 0.4) is 0 Å². The molecule has 0 radical (unpaired) electrons. The number of aromatic nitrogens is 3. The topological polar surface area (TPSA) is 30.7 Å². The van der Waals surface area contributed by atoms with Crippen molar-refractivity contribution in [2.75, 3.05) is 0 Å². The summed E-state index contributed by atoms with van der Waals surface area (Å²) in [4.78, 5) is 0. The lowest BCUT2D eigenvalue weighted by atomic mass is 10.0. The zero-order chi connectivity index (χ0) is 11.8. The minimum absolute atomic E-state index is 0.967. The van der Waals surface area contributed by atoms with Crippen molar-refractivity contribution < 1.29 is 0 Å². The molecule has 1 saturated carbocycles. The maximum Gasteiger partial charge on any atom is 0.0859 e. The zero-order valence-corrected chi connectivity index (χ0v) is 11.0. The molecule has 0 unspecified atom stereocenters. The van der Waals surface area contributed by atoms with Gasteiger partial charge in [0.25, 0.3) is 0 Å². The second-order valence-electron chi connectivity index (χ2n) is 5.66. The van der Waals surface area contributed by atoms with E-state index in [1.807, 2.05) is 0 Å². The van der Waals surface area contributed by atoms with Crippen LogP contribution in [0.1, 0.15) is 50.9 Å². The van der Waals surface area contributed by atoms with Crippen LogP contribution in [-0.4, -0.2) is 15.0 Å². The SMILES string of the molecule is CCC[C@H]1[C@@H]2CCc3nnn(CC)c3CC[C@H]12. The fourth-order valence-electron chi connectivity index (χ4n) is 3.84. The van der Waals surface area contributed by atoms with E-state index in [0.29, 0.717) is 0 Å². The number of hydrogen-bond donors (Lipinski definition) is 0. The first-order valence-corrected chi connectivity index (χ1v) is 7.26. The highest BCUT2D eigenvalue weighted by atomic mass is 15.4. The highest BCUT2D eigenvalue weighted by Gasteiger charge is 2.48. The molecule has 94 valence electrons. The van der Waals surface area contributed by atoms with E-state index in [-0.39, 0.29) is 0 Å². The summed E-state index contributed by atoms with van der Waals surface area (Å²) in [6.07, 6.45) is 7.89. The molecule has 0 spiro atoms. The highest BCUT2D eigenvalue weighted by molar-refractivity contribution is 5.15. The van der Waals surface area contributed by atoms with Crippen LogP contribution in [0.5, 0.6) is 0 Å². The molecule has 0 amide bonds. The van der Waals surface area contributed by atoms with E-state index in [1.54, 1.807) is 0 Å². The summed E-state index contributed by atoms with van der Waals surface area (Å²) in [5.74, 6) is 3.06. The van der Waals surface area contributed by atoms with Crippen LogP contribution < -0.4 is 0 Å². The molecule has 0 aliphatic heterocycles. The Morgan fingerprint density at radius 2 is 1.94 bits per heavy atom. The smallest absolute Gasteiger partial charge is 0.0859 e. The molecular weight excluding hydrogens is 210 g/mol. The second kappa shape index (κ2) is 4.43. The number of aryl methyl sites for hydroxylation is 2. The number of nitrogens with zero attached hydrogens (tertiary/aromatic N) is 3. The van der Waals surface area contributed by atoms with Gasteiger partial charge in [0.1, 0.15) is 0 Å². The van der Waals surface area contributed by atoms with E-state index in [4.69, 9.17) is 0 Å². The average molecular weight is 233 g/mol. The normalized spacial score (nSPS) is 31.3. The van der Waals surface area contributed by atoms with Crippen LogP contribution in [0.4, 0.5) is 0 Å². The van der Waals surface area contributed by atoms with Crippen LogP contribution in [0.25, 0.3) is 0 Å². The van der Waals surface area contributed by atoms with Gasteiger partial charge >= 0.3 is 0 Å². The number of fused-ring (bicyclic) bond motifs is 2. The maximum atomic E-state index is 4.37. The van der Waals surface area contributed by atoms with E-state index in [1.165, 1.54) is 43.5 Å². The van der Waals surface area contributed by atoms with Crippen molar-refractivity contribution in [2.24, 2.45) is 17.8 Å². The van der Waals surface area contributed by atoms with Crippen LogP contribution in [0.2, 0.25) is 0 Å². The lowest BCUT2D eigenvalue weighted by Crippen LogP contribution is -2.07. The molecule has 1 fully saturated rings. The standard InChI is InChI=1S/C14H23N3/c1-3-5-10-11-6-8-13-14(9-7-12(10)11)17(4-2)16-15-13/h10-12H,3-9H2,1-2H3/t10-,11-,12+/m0/s1. The van der Waals surface area contributed by atoms with Gasteiger partial charge in [-0.05, 0) is 50.4 Å². The summed E-state index contributed by atoms with van der Waals surface area (Å²) >= 11 is 0. The summed E-state index contributed by atoms with van der Waals surface area (Å²) in [5, 5.41) is 8.63. The Kier molecular flexibility index (Phi) is 2.93. The third-order valence-corrected chi connectivity index (χ3v) is 4.78. The van der Waals surface area contributed by atoms with Crippen molar-refractivity contribution in [3.63, 3.8) is 0 Å². The molecule has 1 heterocycles. The minimum Gasteiger partial charge on any atom is -0.249 e. The van der Waals surface area contributed by atoms with E-state index in [9.17, 15) is 0 Å². The molecule has 3 rings (SSSR count). The molecule has 0 bridgehead atoms. The van der Waals surface area contributed by atoms with Crippen LogP contribution >= 0.6 is 0 Å². The Morgan fingerprint density at radius 3 is 2.65 bits per heavy atom.